The highest BCUT2D eigenvalue weighted by molar-refractivity contribution is 6.30. The molecule has 0 spiro atoms. The van der Waals surface area contributed by atoms with Gasteiger partial charge in [-0.3, -0.25) is 14.5 Å². The predicted octanol–water partition coefficient (Wildman–Crippen LogP) is 5.08. The molecule has 0 aromatic heterocycles. The van der Waals surface area contributed by atoms with Gasteiger partial charge in [0.15, 0.2) is 0 Å². The van der Waals surface area contributed by atoms with Crippen LogP contribution < -0.4 is 10.6 Å². The Morgan fingerprint density at radius 1 is 0.932 bits per heavy atom. The lowest BCUT2D eigenvalue weighted by Gasteiger charge is -2.46. The Kier molecular flexibility index (Phi) is 11.4. The maximum atomic E-state index is 14.1. The molecule has 3 aliphatic rings. The number of piperidine rings is 2. The van der Waals surface area contributed by atoms with Crippen LogP contribution in [0, 0.1) is 5.92 Å². The summed E-state index contributed by atoms with van der Waals surface area (Å²) >= 11 is 6.16. The molecule has 2 fully saturated rings. The average Bonchev–Trinajstić information content (AvgIpc) is 3.03. The Morgan fingerprint density at radius 3 is 2.20 bits per heavy atom. The molecule has 7 nitrogen and oxygen atoms in total. The minimum Gasteiger partial charge on any atom is -0.343 e. The van der Waals surface area contributed by atoms with E-state index in [2.05, 4.69) is 54.2 Å². The van der Waals surface area contributed by atoms with Crippen molar-refractivity contribution in [1.29, 1.82) is 0 Å². The molecule has 0 unspecified atom stereocenters. The maximum absolute atomic E-state index is 14.1. The summed E-state index contributed by atoms with van der Waals surface area (Å²) < 4.78 is 0. The van der Waals surface area contributed by atoms with Gasteiger partial charge in [0.05, 0.1) is 5.92 Å². The lowest BCUT2D eigenvalue weighted by molar-refractivity contribution is -0.138. The summed E-state index contributed by atoms with van der Waals surface area (Å²) in [5, 5.41) is 7.23. The molecular weight excluding hydrogens is 570 g/mol. The third-order valence-electron chi connectivity index (χ3n) is 9.90. The molecule has 0 bridgehead atoms. The van der Waals surface area contributed by atoms with Gasteiger partial charge in [0, 0.05) is 62.3 Å². The normalized spacial score (nSPS) is 21.1. The third kappa shape index (κ3) is 8.22. The molecular formula is C36H52ClN5O2. The third-order valence-corrected chi connectivity index (χ3v) is 10.2. The highest BCUT2D eigenvalue weighted by Gasteiger charge is 2.36. The molecule has 5 rings (SSSR count). The van der Waals surface area contributed by atoms with E-state index >= 15 is 0 Å². The molecule has 0 saturated carbocycles. The second-order valence-electron chi connectivity index (χ2n) is 13.8. The first-order valence-corrected chi connectivity index (χ1v) is 17.2. The quantitative estimate of drug-likeness (QED) is 0.388. The Bertz CT molecular complexity index is 1240. The standard InChI is InChI=1S/C36H52ClN5O2/c1-25(2)24-42(30-13-17-40(18-14-30)26(3)4)31-15-19-41(20-16-31)36(44)34(21-27-9-11-29(37)12-10-27)39-35(43)33-23-38-22-28-7-5-6-8-32(28)33/h5-12,25-26,30-31,33-34,38H,13-24H2,1-4H3,(H,39,43)/t33-,34-/m1/s1. The number of nitrogens with one attached hydrogen (secondary N) is 2. The number of rotatable bonds is 10. The highest BCUT2D eigenvalue weighted by atomic mass is 35.5. The highest BCUT2D eigenvalue weighted by Crippen LogP contribution is 2.28. The molecule has 2 atom stereocenters. The van der Waals surface area contributed by atoms with E-state index < -0.39 is 6.04 Å². The summed E-state index contributed by atoms with van der Waals surface area (Å²) in [6.07, 6.45) is 4.84. The van der Waals surface area contributed by atoms with Crippen LogP contribution in [0.3, 0.4) is 0 Å². The topological polar surface area (TPSA) is 67.9 Å². The van der Waals surface area contributed by atoms with Crippen LogP contribution in [0.1, 0.15) is 76.0 Å². The molecule has 2 amide bonds. The molecule has 2 N–H and O–H groups in total. The van der Waals surface area contributed by atoms with Crippen LogP contribution >= 0.6 is 11.6 Å². The van der Waals surface area contributed by atoms with E-state index in [1.165, 1.54) is 25.9 Å². The van der Waals surface area contributed by atoms with Gasteiger partial charge in [0.1, 0.15) is 6.04 Å². The van der Waals surface area contributed by atoms with Gasteiger partial charge in [-0.05, 0) is 87.4 Å². The van der Waals surface area contributed by atoms with Crippen molar-refractivity contribution in [1.82, 2.24) is 25.3 Å². The average molecular weight is 622 g/mol. The summed E-state index contributed by atoms with van der Waals surface area (Å²) in [6, 6.07) is 16.8. The number of hydrogen-bond acceptors (Lipinski definition) is 5. The largest absolute Gasteiger partial charge is 0.343 e. The molecule has 44 heavy (non-hydrogen) atoms. The Morgan fingerprint density at radius 2 is 1.57 bits per heavy atom. The van der Waals surface area contributed by atoms with E-state index in [0.29, 0.717) is 42.0 Å². The van der Waals surface area contributed by atoms with Crippen LogP contribution in [-0.2, 0) is 22.6 Å². The van der Waals surface area contributed by atoms with E-state index in [9.17, 15) is 9.59 Å². The van der Waals surface area contributed by atoms with Crippen molar-refractivity contribution in [2.45, 2.75) is 96.4 Å². The van der Waals surface area contributed by atoms with Gasteiger partial charge in [-0.1, -0.05) is 61.8 Å². The van der Waals surface area contributed by atoms with Crippen LogP contribution in [0.25, 0.3) is 0 Å². The van der Waals surface area contributed by atoms with E-state index in [4.69, 9.17) is 11.6 Å². The van der Waals surface area contributed by atoms with Crippen LogP contribution in [-0.4, -0.2) is 89.9 Å². The minimum absolute atomic E-state index is 0.0180. The number of likely N-dealkylation sites (tertiary alicyclic amines) is 2. The fraction of sp³-hybridized carbons (Fsp3) is 0.611. The first-order valence-electron chi connectivity index (χ1n) is 16.8. The summed E-state index contributed by atoms with van der Waals surface area (Å²) in [6.45, 7) is 15.5. The van der Waals surface area contributed by atoms with Gasteiger partial charge in [0.25, 0.3) is 0 Å². The van der Waals surface area contributed by atoms with Gasteiger partial charge in [-0.25, -0.2) is 0 Å². The van der Waals surface area contributed by atoms with E-state index in [0.717, 1.165) is 55.7 Å². The molecule has 2 saturated heterocycles. The van der Waals surface area contributed by atoms with E-state index in [1.54, 1.807) is 0 Å². The zero-order valence-corrected chi connectivity index (χ0v) is 27.9. The Labute approximate surface area is 269 Å². The molecule has 0 radical (unpaired) electrons. The van der Waals surface area contributed by atoms with Crippen LogP contribution in [0.2, 0.25) is 5.02 Å². The SMILES string of the molecule is CC(C)CN(C1CCN(C(=O)[C@@H](Cc2ccc(Cl)cc2)NC(=O)[C@@H]2CNCc3ccccc32)CC1)C1CCN(C(C)C)CC1. The lowest BCUT2D eigenvalue weighted by atomic mass is 9.89. The predicted molar refractivity (Wildman–Crippen MR) is 179 cm³/mol. The molecule has 0 aliphatic carbocycles. The molecule has 2 aromatic rings. The number of amides is 2. The fourth-order valence-corrected chi connectivity index (χ4v) is 7.57. The minimum atomic E-state index is -0.624. The maximum Gasteiger partial charge on any atom is 0.245 e. The number of benzene rings is 2. The van der Waals surface area contributed by atoms with Crippen molar-refractivity contribution in [3.63, 3.8) is 0 Å². The number of hydrogen-bond donors (Lipinski definition) is 2. The van der Waals surface area contributed by atoms with Crippen molar-refractivity contribution in [3.8, 4) is 0 Å². The van der Waals surface area contributed by atoms with Crippen molar-refractivity contribution in [2.24, 2.45) is 5.92 Å². The zero-order valence-electron chi connectivity index (χ0n) is 27.1. The van der Waals surface area contributed by atoms with Gasteiger partial charge in [-0.15, -0.1) is 0 Å². The lowest BCUT2D eigenvalue weighted by Crippen LogP contribution is -2.57. The van der Waals surface area contributed by atoms with E-state index in [-0.39, 0.29) is 17.7 Å². The number of carbonyl (C=O) groups is 2. The molecule has 2 aromatic carbocycles. The zero-order chi connectivity index (χ0) is 31.2. The summed E-state index contributed by atoms with van der Waals surface area (Å²) in [5.74, 6) is 0.209. The number of nitrogens with zero attached hydrogens (tertiary/aromatic N) is 3. The van der Waals surface area contributed by atoms with Crippen molar-refractivity contribution < 1.29 is 9.59 Å². The van der Waals surface area contributed by atoms with Crippen molar-refractivity contribution in [3.05, 3.63) is 70.2 Å². The number of halogens is 1. The first kappa shape index (κ1) is 32.9. The summed E-state index contributed by atoms with van der Waals surface area (Å²) in [5.41, 5.74) is 3.18. The van der Waals surface area contributed by atoms with Gasteiger partial charge in [0.2, 0.25) is 11.8 Å². The van der Waals surface area contributed by atoms with Crippen molar-refractivity contribution in [2.75, 3.05) is 39.3 Å². The summed E-state index contributed by atoms with van der Waals surface area (Å²) in [7, 11) is 0. The van der Waals surface area contributed by atoms with Crippen LogP contribution in [0.4, 0.5) is 0 Å². The van der Waals surface area contributed by atoms with Crippen LogP contribution in [0.15, 0.2) is 48.5 Å². The second-order valence-corrected chi connectivity index (χ2v) is 14.2. The van der Waals surface area contributed by atoms with E-state index in [1.807, 2.05) is 47.4 Å². The van der Waals surface area contributed by atoms with Gasteiger partial charge in [-0.2, -0.15) is 0 Å². The second kappa shape index (κ2) is 15.2. The summed E-state index contributed by atoms with van der Waals surface area (Å²) in [4.78, 5) is 35.3. The molecule has 3 aliphatic heterocycles. The van der Waals surface area contributed by atoms with Gasteiger partial charge >= 0.3 is 0 Å². The molecule has 8 heteroatoms. The monoisotopic (exact) mass is 621 g/mol. The molecule has 3 heterocycles. The number of carbonyl (C=O) groups excluding carboxylic acids is 2. The number of fused-ring (bicyclic) bond motifs is 1. The Hall–Kier alpha value is -2.45. The Balaban J connectivity index is 1.26. The first-order chi connectivity index (χ1) is 21.2. The van der Waals surface area contributed by atoms with Crippen molar-refractivity contribution >= 4 is 23.4 Å². The van der Waals surface area contributed by atoms with Gasteiger partial charge < -0.3 is 20.4 Å². The smallest absolute Gasteiger partial charge is 0.245 e. The fourth-order valence-electron chi connectivity index (χ4n) is 7.45. The van der Waals surface area contributed by atoms with Crippen LogP contribution in [0.5, 0.6) is 0 Å². The molecule has 240 valence electrons.